The first-order valence-electron chi connectivity index (χ1n) is 8.76. The van der Waals surface area contributed by atoms with Crippen molar-refractivity contribution in [1.82, 2.24) is 10.2 Å². The minimum absolute atomic E-state index is 0.0912. The molecule has 132 valence electrons. The van der Waals surface area contributed by atoms with Crippen LogP contribution >= 0.6 is 0 Å². The van der Waals surface area contributed by atoms with Crippen LogP contribution in [0.2, 0.25) is 0 Å². The van der Waals surface area contributed by atoms with Crippen molar-refractivity contribution in [2.45, 2.75) is 31.2 Å². The average molecular weight is 335 g/mol. The van der Waals surface area contributed by atoms with Gasteiger partial charge >= 0.3 is 0 Å². The third-order valence-corrected chi connectivity index (χ3v) is 5.30. The van der Waals surface area contributed by atoms with Crippen LogP contribution in [0.3, 0.4) is 0 Å². The highest BCUT2D eigenvalue weighted by Gasteiger charge is 2.33. The number of halogens is 1. The molecule has 0 atom stereocenters. The van der Waals surface area contributed by atoms with Gasteiger partial charge < -0.3 is 20.2 Å². The van der Waals surface area contributed by atoms with E-state index in [-0.39, 0.29) is 30.4 Å². The van der Waals surface area contributed by atoms with Crippen LogP contribution < -0.4 is 10.2 Å². The topological polar surface area (TPSA) is 55.8 Å². The molecule has 1 aromatic carbocycles. The van der Waals surface area contributed by atoms with Crippen molar-refractivity contribution in [1.29, 1.82) is 0 Å². The molecule has 3 rings (SSSR count). The predicted molar refractivity (Wildman–Crippen MR) is 91.5 cm³/mol. The minimum atomic E-state index is -0.258. The van der Waals surface area contributed by atoms with Crippen LogP contribution in [-0.2, 0) is 4.79 Å². The molecule has 1 saturated carbocycles. The van der Waals surface area contributed by atoms with Gasteiger partial charge in [-0.25, -0.2) is 4.39 Å². The fraction of sp³-hybridized carbons (Fsp3) is 0.611. The molecule has 1 heterocycles. The Bertz CT molecular complexity index is 550. The van der Waals surface area contributed by atoms with Crippen LogP contribution in [0.15, 0.2) is 24.3 Å². The van der Waals surface area contributed by atoms with Gasteiger partial charge in [0, 0.05) is 37.4 Å². The fourth-order valence-corrected chi connectivity index (χ4v) is 3.68. The smallest absolute Gasteiger partial charge is 0.236 e. The van der Waals surface area contributed by atoms with Gasteiger partial charge in [0.05, 0.1) is 13.2 Å². The maximum Gasteiger partial charge on any atom is 0.236 e. The molecule has 2 N–H and O–H groups in total. The summed E-state index contributed by atoms with van der Waals surface area (Å²) in [6, 6.07) is 6.48. The number of benzene rings is 1. The average Bonchev–Trinajstić information content (AvgIpc) is 3.10. The molecular weight excluding hydrogens is 309 g/mol. The van der Waals surface area contributed by atoms with Crippen molar-refractivity contribution < 1.29 is 14.3 Å². The van der Waals surface area contributed by atoms with Crippen molar-refractivity contribution in [2.75, 3.05) is 44.2 Å². The van der Waals surface area contributed by atoms with Gasteiger partial charge in [0.1, 0.15) is 5.82 Å². The van der Waals surface area contributed by atoms with Crippen LogP contribution in [0.4, 0.5) is 10.1 Å². The van der Waals surface area contributed by atoms with Crippen LogP contribution in [-0.4, -0.2) is 60.8 Å². The molecule has 6 heteroatoms. The zero-order valence-electron chi connectivity index (χ0n) is 14.0. The number of anilines is 1. The Hall–Kier alpha value is -1.66. The quantitative estimate of drug-likeness (QED) is 0.853. The van der Waals surface area contributed by atoms with Gasteiger partial charge in [-0.15, -0.1) is 0 Å². The number of carbonyl (C=O) groups is 1. The highest BCUT2D eigenvalue weighted by Crippen LogP contribution is 2.28. The molecule has 0 aromatic heterocycles. The molecule has 0 unspecified atom stereocenters. The van der Waals surface area contributed by atoms with Crippen molar-refractivity contribution >= 4 is 11.6 Å². The SMILES string of the molecule is O=C(CNC1(CO)CCCC1)N1CCN(c2ccc(F)cc2)CC1. The second kappa shape index (κ2) is 7.49. The van der Waals surface area contributed by atoms with Crippen molar-refractivity contribution in [2.24, 2.45) is 0 Å². The summed E-state index contributed by atoms with van der Waals surface area (Å²) in [5.74, 6) is -0.142. The highest BCUT2D eigenvalue weighted by molar-refractivity contribution is 5.78. The summed E-state index contributed by atoms with van der Waals surface area (Å²) in [6.07, 6.45) is 4.10. The normalized spacial score (nSPS) is 20.4. The number of nitrogens with zero attached hydrogens (tertiary/aromatic N) is 2. The number of hydrogen-bond acceptors (Lipinski definition) is 4. The molecule has 2 fully saturated rings. The molecule has 1 aromatic rings. The van der Waals surface area contributed by atoms with E-state index in [9.17, 15) is 14.3 Å². The van der Waals surface area contributed by atoms with E-state index in [0.29, 0.717) is 13.1 Å². The molecule has 0 radical (unpaired) electrons. The van der Waals surface area contributed by atoms with E-state index in [4.69, 9.17) is 0 Å². The van der Waals surface area contributed by atoms with Crippen molar-refractivity contribution in [3.8, 4) is 0 Å². The number of carbonyl (C=O) groups excluding carboxylic acids is 1. The molecule has 1 aliphatic carbocycles. The summed E-state index contributed by atoms with van der Waals surface area (Å²) >= 11 is 0. The fourth-order valence-electron chi connectivity index (χ4n) is 3.68. The van der Waals surface area contributed by atoms with Crippen LogP contribution in [0.5, 0.6) is 0 Å². The van der Waals surface area contributed by atoms with Crippen LogP contribution in [0.25, 0.3) is 0 Å². The molecule has 1 amide bonds. The van der Waals surface area contributed by atoms with E-state index in [2.05, 4.69) is 10.2 Å². The Labute approximate surface area is 142 Å². The number of rotatable bonds is 5. The zero-order valence-corrected chi connectivity index (χ0v) is 14.0. The first-order valence-corrected chi connectivity index (χ1v) is 8.76. The maximum absolute atomic E-state index is 13.0. The molecular formula is C18H26FN3O2. The molecule has 0 spiro atoms. The predicted octanol–water partition coefficient (Wildman–Crippen LogP) is 1.37. The van der Waals surface area contributed by atoms with Crippen molar-refractivity contribution in [3.63, 3.8) is 0 Å². The number of hydrogen-bond donors (Lipinski definition) is 2. The Morgan fingerprint density at radius 3 is 2.33 bits per heavy atom. The lowest BCUT2D eigenvalue weighted by atomic mass is 9.99. The van der Waals surface area contributed by atoms with E-state index >= 15 is 0 Å². The molecule has 0 bridgehead atoms. The summed E-state index contributed by atoms with van der Waals surface area (Å²) in [5, 5.41) is 12.9. The van der Waals surface area contributed by atoms with Crippen molar-refractivity contribution in [3.05, 3.63) is 30.1 Å². The van der Waals surface area contributed by atoms with E-state index in [1.165, 1.54) is 12.1 Å². The van der Waals surface area contributed by atoms with Crippen LogP contribution in [0, 0.1) is 5.82 Å². The first kappa shape index (κ1) is 17.2. The lowest BCUT2D eigenvalue weighted by molar-refractivity contribution is -0.131. The summed E-state index contributed by atoms with van der Waals surface area (Å²) in [4.78, 5) is 16.5. The van der Waals surface area contributed by atoms with E-state index in [1.807, 2.05) is 4.90 Å². The van der Waals surface area contributed by atoms with Gasteiger partial charge in [0.15, 0.2) is 0 Å². The molecule has 1 aliphatic heterocycles. The van der Waals surface area contributed by atoms with E-state index in [1.54, 1.807) is 12.1 Å². The standard InChI is InChI=1S/C18H26FN3O2/c19-15-3-5-16(6-4-15)21-9-11-22(12-10-21)17(24)13-20-18(14-23)7-1-2-8-18/h3-6,20,23H,1-2,7-14H2. The Kier molecular flexibility index (Phi) is 5.36. The molecule has 24 heavy (non-hydrogen) atoms. The third kappa shape index (κ3) is 3.87. The van der Waals surface area contributed by atoms with Gasteiger partial charge in [0.25, 0.3) is 0 Å². The lowest BCUT2D eigenvalue weighted by Crippen LogP contribution is -2.54. The maximum atomic E-state index is 13.0. The van der Waals surface area contributed by atoms with E-state index in [0.717, 1.165) is 44.5 Å². The van der Waals surface area contributed by atoms with Gasteiger partial charge in [-0.3, -0.25) is 4.79 Å². The number of piperazine rings is 1. The largest absolute Gasteiger partial charge is 0.394 e. The highest BCUT2D eigenvalue weighted by atomic mass is 19.1. The Balaban J connectivity index is 1.47. The van der Waals surface area contributed by atoms with E-state index < -0.39 is 0 Å². The summed E-state index contributed by atoms with van der Waals surface area (Å²) in [7, 11) is 0. The number of amides is 1. The van der Waals surface area contributed by atoms with Crippen LogP contribution in [0.1, 0.15) is 25.7 Å². The number of nitrogens with one attached hydrogen (secondary N) is 1. The Morgan fingerprint density at radius 1 is 1.12 bits per heavy atom. The van der Waals surface area contributed by atoms with Gasteiger partial charge in [-0.2, -0.15) is 0 Å². The lowest BCUT2D eigenvalue weighted by Gasteiger charge is -2.37. The summed E-state index contributed by atoms with van der Waals surface area (Å²) in [5.41, 5.74) is 0.734. The summed E-state index contributed by atoms with van der Waals surface area (Å²) < 4.78 is 13.0. The molecule has 2 aliphatic rings. The molecule has 1 saturated heterocycles. The first-order chi connectivity index (χ1) is 11.6. The second-order valence-electron chi connectivity index (χ2n) is 6.84. The van der Waals surface area contributed by atoms with Gasteiger partial charge in [-0.1, -0.05) is 12.8 Å². The minimum Gasteiger partial charge on any atom is -0.394 e. The Morgan fingerprint density at radius 2 is 1.75 bits per heavy atom. The summed E-state index contributed by atoms with van der Waals surface area (Å²) in [6.45, 7) is 3.23. The third-order valence-electron chi connectivity index (χ3n) is 5.30. The second-order valence-corrected chi connectivity index (χ2v) is 6.84. The van der Waals surface area contributed by atoms with Gasteiger partial charge in [-0.05, 0) is 37.1 Å². The zero-order chi connectivity index (χ0) is 17.0. The monoisotopic (exact) mass is 335 g/mol. The van der Waals surface area contributed by atoms with Gasteiger partial charge in [0.2, 0.25) is 5.91 Å². The number of aliphatic hydroxyl groups excluding tert-OH is 1. The number of aliphatic hydroxyl groups is 1. The molecule has 5 nitrogen and oxygen atoms in total.